The molecule has 0 aromatic carbocycles. The third-order valence-electron chi connectivity index (χ3n) is 0.767. The molecule has 0 atom stereocenters. The first-order chi connectivity index (χ1) is 3.81. The Labute approximate surface area is 50.5 Å². The van der Waals surface area contributed by atoms with E-state index in [1.807, 2.05) is 0 Å². The van der Waals surface area contributed by atoms with Crippen molar-refractivity contribution in [3.63, 3.8) is 0 Å². The molecule has 8 heavy (non-hydrogen) atoms. The molecule has 46 valence electrons. The van der Waals surface area contributed by atoms with E-state index >= 15 is 0 Å². The average Bonchev–Trinajstić information content (AvgIpc) is 1.68. The van der Waals surface area contributed by atoms with E-state index in [4.69, 9.17) is 0 Å². The van der Waals surface area contributed by atoms with Crippen molar-refractivity contribution in [2.45, 2.75) is 13.3 Å². The van der Waals surface area contributed by atoms with Crippen molar-refractivity contribution in [1.29, 1.82) is 0 Å². The maximum absolute atomic E-state index is 3.67. The van der Waals surface area contributed by atoms with Gasteiger partial charge in [0.1, 0.15) is 0 Å². The molecule has 0 aliphatic carbocycles. The van der Waals surface area contributed by atoms with Gasteiger partial charge in [0.15, 0.2) is 13.3 Å². The van der Waals surface area contributed by atoms with Gasteiger partial charge in [-0.3, -0.25) is 0 Å². The van der Waals surface area contributed by atoms with Crippen LogP contribution in [0.4, 0.5) is 0 Å². The van der Waals surface area contributed by atoms with Gasteiger partial charge in [-0.15, -0.1) is 4.68 Å². The minimum absolute atomic E-state index is 0.950. The Morgan fingerprint density at radius 1 is 1.75 bits per heavy atom. The summed E-state index contributed by atoms with van der Waals surface area (Å²) in [5.74, 6) is 0. The zero-order valence-electron chi connectivity index (χ0n) is 5.35. The third-order valence-corrected chi connectivity index (χ3v) is 0.767. The van der Waals surface area contributed by atoms with E-state index in [2.05, 4.69) is 25.6 Å². The molecule has 0 aliphatic rings. The van der Waals surface area contributed by atoms with Crippen LogP contribution in [0.15, 0.2) is 12.8 Å². The largest absolute Gasteiger partial charge is 0.174 e. The molecular formula is C6H13N2+. The molecule has 2 heteroatoms. The van der Waals surface area contributed by atoms with Crippen LogP contribution < -0.4 is 5.43 Å². The third kappa shape index (κ3) is 3.40. The van der Waals surface area contributed by atoms with Gasteiger partial charge in [0.05, 0.1) is 6.20 Å². The molecule has 0 aromatic rings. The first-order valence-corrected chi connectivity index (χ1v) is 2.76. The summed E-state index contributed by atoms with van der Waals surface area (Å²) in [5.41, 5.74) is 2.83. The van der Waals surface area contributed by atoms with E-state index in [-0.39, 0.29) is 0 Å². The van der Waals surface area contributed by atoms with Crippen LogP contribution in [0.5, 0.6) is 0 Å². The molecular weight excluding hydrogens is 100 g/mol. The van der Waals surface area contributed by atoms with Crippen LogP contribution in [-0.4, -0.2) is 17.9 Å². The first kappa shape index (κ1) is 7.21. The fourth-order valence-corrected chi connectivity index (χ4v) is 0.464. The van der Waals surface area contributed by atoms with E-state index in [0.717, 1.165) is 13.0 Å². The van der Waals surface area contributed by atoms with Crippen LogP contribution in [0.1, 0.15) is 13.3 Å². The van der Waals surface area contributed by atoms with Gasteiger partial charge in [-0.05, 0) is 0 Å². The Morgan fingerprint density at radius 3 is 2.75 bits per heavy atom. The lowest BCUT2D eigenvalue weighted by molar-refractivity contribution is -0.569. The fraction of sp³-hybridized carbons (Fsp3) is 0.500. The van der Waals surface area contributed by atoms with E-state index in [0.29, 0.717) is 0 Å². The monoisotopic (exact) mass is 113 g/mol. The van der Waals surface area contributed by atoms with Gasteiger partial charge in [0, 0.05) is 6.42 Å². The highest BCUT2D eigenvalue weighted by molar-refractivity contribution is 5.14. The molecule has 0 saturated carbocycles. The van der Waals surface area contributed by atoms with Crippen LogP contribution in [-0.2, 0) is 0 Å². The summed E-state index contributed by atoms with van der Waals surface area (Å²) in [6.07, 6.45) is 2.72. The smallest absolute Gasteiger partial charge is 0.170 e. The second kappa shape index (κ2) is 4.37. The SMILES string of the molecule is C=CN[N+](=C)CCC. The highest BCUT2D eigenvalue weighted by Gasteiger charge is 1.89. The predicted molar refractivity (Wildman–Crippen MR) is 35.9 cm³/mol. The van der Waals surface area contributed by atoms with E-state index in [1.165, 1.54) is 0 Å². The highest BCUT2D eigenvalue weighted by atomic mass is 15.4. The summed E-state index contributed by atoms with van der Waals surface area (Å²) < 4.78 is 1.74. The van der Waals surface area contributed by atoms with Gasteiger partial charge in [0.25, 0.3) is 0 Å². The van der Waals surface area contributed by atoms with E-state index in [1.54, 1.807) is 10.9 Å². The van der Waals surface area contributed by atoms with Crippen LogP contribution in [0, 0.1) is 0 Å². The Bertz CT molecular complexity index is 86.5. The topological polar surface area (TPSA) is 15.0 Å². The average molecular weight is 113 g/mol. The van der Waals surface area contributed by atoms with Gasteiger partial charge in [-0.2, -0.15) is 5.43 Å². The van der Waals surface area contributed by atoms with Crippen molar-refractivity contribution in [1.82, 2.24) is 5.43 Å². The molecule has 1 N–H and O–H groups in total. The molecule has 2 nitrogen and oxygen atoms in total. The normalized spacial score (nSPS) is 8.12. The summed E-state index contributed by atoms with van der Waals surface area (Å²) in [7, 11) is 0. The highest BCUT2D eigenvalue weighted by Crippen LogP contribution is 1.72. The number of hydrazone groups is 1. The van der Waals surface area contributed by atoms with Gasteiger partial charge in [0.2, 0.25) is 0 Å². The Balaban J connectivity index is 3.18. The van der Waals surface area contributed by atoms with Crippen molar-refractivity contribution in [2.24, 2.45) is 0 Å². The van der Waals surface area contributed by atoms with Gasteiger partial charge in [-0.1, -0.05) is 13.5 Å². The molecule has 0 amide bonds. The number of nitrogens with one attached hydrogen (secondary N) is 1. The molecule has 0 bridgehead atoms. The summed E-state index contributed by atoms with van der Waals surface area (Å²) in [6, 6.07) is 0. The van der Waals surface area contributed by atoms with Crippen molar-refractivity contribution in [2.75, 3.05) is 6.54 Å². The Morgan fingerprint density at radius 2 is 2.38 bits per heavy atom. The number of nitrogens with zero attached hydrogens (tertiary/aromatic N) is 1. The zero-order chi connectivity index (χ0) is 6.41. The van der Waals surface area contributed by atoms with Crippen molar-refractivity contribution in [3.05, 3.63) is 12.8 Å². The van der Waals surface area contributed by atoms with Crippen molar-refractivity contribution >= 4 is 6.72 Å². The zero-order valence-corrected chi connectivity index (χ0v) is 5.35. The van der Waals surface area contributed by atoms with E-state index in [9.17, 15) is 0 Å². The van der Waals surface area contributed by atoms with E-state index < -0.39 is 0 Å². The minimum Gasteiger partial charge on any atom is -0.174 e. The molecule has 0 saturated heterocycles. The Hall–Kier alpha value is -0.790. The number of hydrogen-bond acceptors (Lipinski definition) is 1. The molecule has 0 spiro atoms. The van der Waals surface area contributed by atoms with Crippen molar-refractivity contribution < 1.29 is 4.68 Å². The van der Waals surface area contributed by atoms with Crippen LogP contribution in [0.25, 0.3) is 0 Å². The summed E-state index contributed by atoms with van der Waals surface area (Å²) in [5, 5.41) is 0. The number of hydrogen-bond donors (Lipinski definition) is 1. The lowest BCUT2D eigenvalue weighted by atomic mass is 10.5. The second-order valence-electron chi connectivity index (χ2n) is 1.60. The fourth-order valence-electron chi connectivity index (χ4n) is 0.464. The maximum Gasteiger partial charge on any atom is 0.170 e. The summed E-state index contributed by atoms with van der Waals surface area (Å²) in [4.78, 5) is 0. The van der Waals surface area contributed by atoms with Crippen LogP contribution >= 0.6 is 0 Å². The van der Waals surface area contributed by atoms with Crippen molar-refractivity contribution in [3.8, 4) is 0 Å². The van der Waals surface area contributed by atoms with Gasteiger partial charge in [-0.25, -0.2) is 0 Å². The van der Waals surface area contributed by atoms with Gasteiger partial charge < -0.3 is 0 Å². The first-order valence-electron chi connectivity index (χ1n) is 2.76. The summed E-state index contributed by atoms with van der Waals surface area (Å²) >= 11 is 0. The predicted octanol–water partition coefficient (Wildman–Crippen LogP) is 0.758. The number of hydrazine groups is 1. The molecule has 0 aliphatic heterocycles. The van der Waals surface area contributed by atoms with Gasteiger partial charge >= 0.3 is 0 Å². The maximum atomic E-state index is 3.67. The standard InChI is InChI=1S/C6H13N2/c1-4-6-8(3)7-5-2/h5,7H,2-4,6H2,1H3/q+1. The van der Waals surface area contributed by atoms with Crippen LogP contribution in [0.2, 0.25) is 0 Å². The molecule has 0 rings (SSSR count). The second-order valence-corrected chi connectivity index (χ2v) is 1.60. The quantitative estimate of drug-likeness (QED) is 0.323. The summed E-state index contributed by atoms with van der Waals surface area (Å²) in [6.45, 7) is 10.2. The Kier molecular flexibility index (Phi) is 3.94. The molecule has 0 aromatic heterocycles. The molecule has 0 fully saturated rings. The van der Waals surface area contributed by atoms with Crippen LogP contribution in [0.3, 0.4) is 0 Å². The lowest BCUT2D eigenvalue weighted by Gasteiger charge is -1.93. The minimum atomic E-state index is 0.950. The molecule has 0 radical (unpaired) electrons. The lowest BCUT2D eigenvalue weighted by Crippen LogP contribution is -2.22. The molecule has 0 unspecified atom stereocenters. The number of rotatable bonds is 4. The molecule has 0 heterocycles.